The van der Waals surface area contributed by atoms with Crippen molar-refractivity contribution in [1.82, 2.24) is 9.88 Å². The number of aromatic nitrogens is 1. The number of ketones is 1. The zero-order chi connectivity index (χ0) is 22.7. The number of pyridine rings is 1. The van der Waals surface area contributed by atoms with Crippen LogP contribution in [0.3, 0.4) is 0 Å². The minimum Gasteiger partial charge on any atom is -0.484 e. The monoisotopic (exact) mass is 432 g/mol. The molecule has 0 spiro atoms. The molecule has 32 heavy (non-hydrogen) atoms. The van der Waals surface area contributed by atoms with Crippen molar-refractivity contribution in [3.8, 4) is 5.75 Å². The fraction of sp³-hybridized carbons (Fsp3) is 0.250. The summed E-state index contributed by atoms with van der Waals surface area (Å²) in [6.07, 6.45) is 3.49. The van der Waals surface area contributed by atoms with Gasteiger partial charge in [0, 0.05) is 13.5 Å². The second-order valence-electron chi connectivity index (χ2n) is 7.92. The molecule has 2 aromatic heterocycles. The molecule has 1 aliphatic heterocycles. The standard InChI is InChI=1S/C24H24N4O4/c1-24(13-22(30)28(2)23(25)27-24)17-6-3-5-16(11-17)12-21(29)20-9-8-18(14-26-20)32-15-19-7-4-10-31-19/h3-11,14H,12-13,15H2,1-2H3,(H2,25,27). The fourth-order valence-corrected chi connectivity index (χ4v) is 3.55. The molecule has 0 fully saturated rings. The minimum atomic E-state index is -0.766. The topological polar surface area (TPSA) is 111 Å². The van der Waals surface area contributed by atoms with Gasteiger partial charge in [0.05, 0.1) is 24.4 Å². The van der Waals surface area contributed by atoms with Gasteiger partial charge in [0.15, 0.2) is 11.7 Å². The predicted molar refractivity (Wildman–Crippen MR) is 118 cm³/mol. The first-order valence-corrected chi connectivity index (χ1v) is 10.2. The number of rotatable bonds is 7. The van der Waals surface area contributed by atoms with E-state index in [9.17, 15) is 9.59 Å². The number of aliphatic imine (C=N–C) groups is 1. The van der Waals surface area contributed by atoms with E-state index in [2.05, 4.69) is 9.98 Å². The Morgan fingerprint density at radius 3 is 2.78 bits per heavy atom. The molecule has 1 atom stereocenters. The molecule has 1 aliphatic rings. The molecule has 164 valence electrons. The average Bonchev–Trinajstić information content (AvgIpc) is 3.30. The highest BCUT2D eigenvalue weighted by atomic mass is 16.5. The molecule has 8 nitrogen and oxygen atoms in total. The molecule has 3 heterocycles. The van der Waals surface area contributed by atoms with Crippen LogP contribution in [0, 0.1) is 0 Å². The van der Waals surface area contributed by atoms with Gasteiger partial charge in [0.1, 0.15) is 23.8 Å². The molecule has 0 aliphatic carbocycles. The molecular weight excluding hydrogens is 408 g/mol. The van der Waals surface area contributed by atoms with Crippen molar-refractivity contribution in [2.75, 3.05) is 7.05 Å². The number of Topliss-reactive ketones (excluding diaryl/α,β-unsaturated/α-hetero) is 1. The summed E-state index contributed by atoms with van der Waals surface area (Å²) in [6, 6.07) is 14.5. The van der Waals surface area contributed by atoms with Crippen molar-refractivity contribution in [1.29, 1.82) is 0 Å². The van der Waals surface area contributed by atoms with Crippen LogP contribution in [0.25, 0.3) is 0 Å². The van der Waals surface area contributed by atoms with Gasteiger partial charge in [-0.3, -0.25) is 14.5 Å². The Kier molecular flexibility index (Phi) is 5.77. The SMILES string of the molecule is CN1C(=O)CC(C)(c2cccc(CC(=O)c3ccc(OCc4ccco4)cn3)c2)N=C1N. The number of amides is 1. The second kappa shape index (κ2) is 8.66. The Balaban J connectivity index is 1.44. The van der Waals surface area contributed by atoms with Crippen molar-refractivity contribution in [2.45, 2.75) is 31.9 Å². The summed E-state index contributed by atoms with van der Waals surface area (Å²) >= 11 is 0. The van der Waals surface area contributed by atoms with E-state index in [1.165, 1.54) is 11.1 Å². The van der Waals surface area contributed by atoms with Crippen LogP contribution in [0.15, 0.2) is 70.4 Å². The number of hydrogen-bond acceptors (Lipinski definition) is 7. The van der Waals surface area contributed by atoms with Gasteiger partial charge < -0.3 is 14.9 Å². The molecule has 2 N–H and O–H groups in total. The molecule has 1 unspecified atom stereocenters. The van der Waals surface area contributed by atoms with E-state index in [4.69, 9.17) is 14.9 Å². The van der Waals surface area contributed by atoms with Crippen LogP contribution in [0.2, 0.25) is 0 Å². The third kappa shape index (κ3) is 4.54. The molecule has 1 amide bonds. The smallest absolute Gasteiger partial charge is 0.231 e. The number of guanidine groups is 1. The van der Waals surface area contributed by atoms with Gasteiger partial charge in [-0.1, -0.05) is 24.3 Å². The number of furan rings is 1. The summed E-state index contributed by atoms with van der Waals surface area (Å²) in [5, 5.41) is 0. The van der Waals surface area contributed by atoms with E-state index in [1.807, 2.05) is 37.3 Å². The summed E-state index contributed by atoms with van der Waals surface area (Å²) < 4.78 is 10.8. The van der Waals surface area contributed by atoms with Gasteiger partial charge in [-0.25, -0.2) is 9.98 Å². The molecule has 0 saturated carbocycles. The second-order valence-corrected chi connectivity index (χ2v) is 7.92. The van der Waals surface area contributed by atoms with E-state index in [-0.39, 0.29) is 30.5 Å². The first kappa shape index (κ1) is 21.3. The van der Waals surface area contributed by atoms with Crippen LogP contribution < -0.4 is 10.5 Å². The lowest BCUT2D eigenvalue weighted by Gasteiger charge is -2.33. The maximum absolute atomic E-state index is 12.8. The van der Waals surface area contributed by atoms with Crippen molar-refractivity contribution in [3.63, 3.8) is 0 Å². The Labute approximate surface area is 185 Å². The Morgan fingerprint density at radius 2 is 2.09 bits per heavy atom. The fourth-order valence-electron chi connectivity index (χ4n) is 3.55. The highest BCUT2D eigenvalue weighted by molar-refractivity contribution is 5.99. The largest absolute Gasteiger partial charge is 0.484 e. The van der Waals surface area contributed by atoms with Crippen LogP contribution >= 0.6 is 0 Å². The average molecular weight is 432 g/mol. The van der Waals surface area contributed by atoms with E-state index in [1.54, 1.807) is 31.5 Å². The van der Waals surface area contributed by atoms with Crippen LogP contribution in [-0.2, 0) is 23.4 Å². The Hall–Kier alpha value is -3.94. The zero-order valence-electron chi connectivity index (χ0n) is 17.9. The van der Waals surface area contributed by atoms with Crippen LogP contribution in [0.1, 0.15) is 40.7 Å². The van der Waals surface area contributed by atoms with Gasteiger partial charge in [0.25, 0.3) is 0 Å². The van der Waals surface area contributed by atoms with E-state index < -0.39 is 5.54 Å². The van der Waals surface area contributed by atoms with Crippen molar-refractivity contribution >= 4 is 17.6 Å². The highest BCUT2D eigenvalue weighted by Crippen LogP contribution is 2.33. The summed E-state index contributed by atoms with van der Waals surface area (Å²) in [5.74, 6) is 1.22. The maximum Gasteiger partial charge on any atom is 0.231 e. The number of nitrogens with two attached hydrogens (primary N) is 1. The normalized spacial score (nSPS) is 18.4. The van der Waals surface area contributed by atoms with Crippen LogP contribution in [-0.4, -0.2) is 34.6 Å². The molecule has 8 heteroatoms. The molecule has 0 saturated heterocycles. The number of carbonyl (C=O) groups excluding carboxylic acids is 2. The molecule has 1 aromatic carbocycles. The predicted octanol–water partition coefficient (Wildman–Crippen LogP) is 3.07. The lowest BCUT2D eigenvalue weighted by molar-refractivity contribution is -0.128. The number of carbonyl (C=O) groups is 2. The van der Waals surface area contributed by atoms with Gasteiger partial charge in [-0.2, -0.15) is 0 Å². The number of ether oxygens (including phenoxy) is 1. The third-order valence-electron chi connectivity index (χ3n) is 5.47. The molecule has 0 radical (unpaired) electrons. The van der Waals surface area contributed by atoms with Crippen molar-refractivity contribution in [3.05, 3.63) is 83.6 Å². The van der Waals surface area contributed by atoms with E-state index in [0.717, 1.165) is 11.1 Å². The van der Waals surface area contributed by atoms with Crippen LogP contribution in [0.5, 0.6) is 5.75 Å². The zero-order valence-corrected chi connectivity index (χ0v) is 17.9. The highest BCUT2D eigenvalue weighted by Gasteiger charge is 2.36. The third-order valence-corrected chi connectivity index (χ3v) is 5.47. The molecular formula is C24H24N4O4. The van der Waals surface area contributed by atoms with Crippen molar-refractivity contribution in [2.24, 2.45) is 10.7 Å². The van der Waals surface area contributed by atoms with Crippen LogP contribution in [0.4, 0.5) is 0 Å². The Bertz CT molecular complexity index is 1160. The minimum absolute atomic E-state index is 0.0972. The first-order valence-electron chi connectivity index (χ1n) is 10.2. The number of nitrogens with zero attached hydrogens (tertiary/aromatic N) is 3. The van der Waals surface area contributed by atoms with E-state index >= 15 is 0 Å². The quantitative estimate of drug-likeness (QED) is 0.575. The van der Waals surface area contributed by atoms with Gasteiger partial charge in [-0.05, 0) is 42.3 Å². The summed E-state index contributed by atoms with van der Waals surface area (Å²) in [6.45, 7) is 2.16. The van der Waals surface area contributed by atoms with Gasteiger partial charge in [-0.15, -0.1) is 0 Å². The van der Waals surface area contributed by atoms with Gasteiger partial charge in [0.2, 0.25) is 5.91 Å². The summed E-state index contributed by atoms with van der Waals surface area (Å²) in [7, 11) is 1.61. The number of benzene rings is 1. The summed E-state index contributed by atoms with van der Waals surface area (Å²) in [4.78, 5) is 35.1. The molecule has 0 bridgehead atoms. The summed E-state index contributed by atoms with van der Waals surface area (Å²) in [5.41, 5.74) is 7.15. The lowest BCUT2D eigenvalue weighted by atomic mass is 9.86. The number of hydrogen-bond donors (Lipinski definition) is 1. The van der Waals surface area contributed by atoms with Crippen molar-refractivity contribution < 1.29 is 18.7 Å². The first-order chi connectivity index (χ1) is 15.3. The Morgan fingerprint density at radius 1 is 1.25 bits per heavy atom. The molecule has 3 aromatic rings. The van der Waals surface area contributed by atoms with Gasteiger partial charge >= 0.3 is 0 Å². The maximum atomic E-state index is 12.8. The van der Waals surface area contributed by atoms with E-state index in [0.29, 0.717) is 23.8 Å². The lowest BCUT2D eigenvalue weighted by Crippen LogP contribution is -2.47. The molecule has 4 rings (SSSR count).